The lowest BCUT2D eigenvalue weighted by molar-refractivity contribution is -0.116. The number of hydrogen-bond acceptors (Lipinski definition) is 3. The summed E-state index contributed by atoms with van der Waals surface area (Å²) in [4.78, 5) is 20.5. The molecule has 0 rings (SSSR count). The van der Waals surface area contributed by atoms with Gasteiger partial charge in [-0.15, -0.1) is 0 Å². The van der Waals surface area contributed by atoms with E-state index in [0.717, 1.165) is 12.0 Å². The van der Waals surface area contributed by atoms with Gasteiger partial charge in [0.05, 0.1) is 0 Å². The van der Waals surface area contributed by atoms with Gasteiger partial charge in [-0.3, -0.25) is 4.79 Å². The average molecular weight is 174 g/mol. The Morgan fingerprint density at radius 2 is 2.27 bits per heavy atom. The monoisotopic (exact) mass is 174 g/mol. The molecule has 0 aromatic heterocycles. The molecule has 0 spiro atoms. The molecule has 0 aliphatic carbocycles. The van der Waals surface area contributed by atoms with Gasteiger partial charge in [0.1, 0.15) is 12.1 Å². The van der Waals surface area contributed by atoms with E-state index in [2.05, 4.69) is 0 Å². The van der Waals surface area contributed by atoms with Gasteiger partial charge in [0.25, 0.3) is 0 Å². The fourth-order valence-electron chi connectivity index (χ4n) is 0.607. The third-order valence-electron chi connectivity index (χ3n) is 1.28. The second-order valence-corrected chi connectivity index (χ2v) is 4.08. The van der Waals surface area contributed by atoms with E-state index in [1.165, 1.54) is 0 Å². The molecule has 0 aliphatic rings. The Morgan fingerprint density at radius 1 is 1.64 bits per heavy atom. The molecule has 0 bridgehead atoms. The molecule has 0 heterocycles. The molecule has 0 aliphatic heterocycles. The van der Waals surface area contributed by atoms with Gasteiger partial charge in [0, 0.05) is 23.8 Å². The standard InChI is InChI=1S/C8H14O2S/c1-7(10)4-6-11-8(2)3-5-9/h5,8H,3-4,6H2,1-2H3. The van der Waals surface area contributed by atoms with Gasteiger partial charge >= 0.3 is 0 Å². The SMILES string of the molecule is CC(=O)CCSC(C)CC=O. The van der Waals surface area contributed by atoms with Crippen LogP contribution in [0.2, 0.25) is 0 Å². The molecule has 3 heteroatoms. The van der Waals surface area contributed by atoms with Gasteiger partial charge in [-0.1, -0.05) is 6.92 Å². The quantitative estimate of drug-likeness (QED) is 0.574. The smallest absolute Gasteiger partial charge is 0.130 e. The molecule has 0 radical (unpaired) electrons. The zero-order valence-electron chi connectivity index (χ0n) is 7.00. The first-order valence-electron chi connectivity index (χ1n) is 3.71. The predicted octanol–water partition coefficient (Wildman–Crippen LogP) is 1.68. The summed E-state index contributed by atoms with van der Waals surface area (Å²) in [5, 5.41) is 0.354. The van der Waals surface area contributed by atoms with E-state index >= 15 is 0 Å². The number of carbonyl (C=O) groups excluding carboxylic acids is 2. The van der Waals surface area contributed by atoms with Crippen molar-refractivity contribution in [3.8, 4) is 0 Å². The van der Waals surface area contributed by atoms with Crippen LogP contribution in [0.25, 0.3) is 0 Å². The Hall–Kier alpha value is -0.310. The van der Waals surface area contributed by atoms with Crippen molar-refractivity contribution in [1.29, 1.82) is 0 Å². The number of carbonyl (C=O) groups is 2. The van der Waals surface area contributed by atoms with Crippen molar-refractivity contribution in [2.75, 3.05) is 5.75 Å². The molecule has 1 unspecified atom stereocenters. The zero-order valence-corrected chi connectivity index (χ0v) is 7.82. The molecule has 0 aromatic carbocycles. The summed E-state index contributed by atoms with van der Waals surface area (Å²) in [7, 11) is 0. The molecule has 0 N–H and O–H groups in total. The Bertz CT molecular complexity index is 134. The third kappa shape index (κ3) is 7.59. The molecular weight excluding hydrogens is 160 g/mol. The number of thioether (sulfide) groups is 1. The fraction of sp³-hybridized carbons (Fsp3) is 0.750. The lowest BCUT2D eigenvalue weighted by atomic mass is 10.3. The van der Waals surface area contributed by atoms with E-state index in [9.17, 15) is 9.59 Å². The Balaban J connectivity index is 3.23. The Morgan fingerprint density at radius 3 is 2.73 bits per heavy atom. The maximum Gasteiger partial charge on any atom is 0.130 e. The molecular formula is C8H14O2S. The van der Waals surface area contributed by atoms with Crippen molar-refractivity contribution in [1.82, 2.24) is 0 Å². The van der Waals surface area contributed by atoms with Crippen LogP contribution in [-0.4, -0.2) is 23.1 Å². The van der Waals surface area contributed by atoms with Crippen molar-refractivity contribution < 1.29 is 9.59 Å². The van der Waals surface area contributed by atoms with Crippen molar-refractivity contribution >= 4 is 23.8 Å². The summed E-state index contributed by atoms with van der Waals surface area (Å²) in [6, 6.07) is 0. The lowest BCUT2D eigenvalue weighted by Crippen LogP contribution is -2.00. The minimum Gasteiger partial charge on any atom is -0.303 e. The summed E-state index contributed by atoms with van der Waals surface area (Å²) in [5.41, 5.74) is 0. The lowest BCUT2D eigenvalue weighted by Gasteiger charge is -2.04. The molecule has 0 fully saturated rings. The molecule has 1 atom stereocenters. The minimum absolute atomic E-state index is 0.218. The molecule has 0 saturated heterocycles. The zero-order chi connectivity index (χ0) is 8.69. The van der Waals surface area contributed by atoms with E-state index in [1.54, 1.807) is 18.7 Å². The first kappa shape index (κ1) is 10.7. The first-order valence-corrected chi connectivity index (χ1v) is 4.76. The fourth-order valence-corrected chi connectivity index (χ4v) is 1.63. The van der Waals surface area contributed by atoms with Crippen LogP contribution in [-0.2, 0) is 9.59 Å². The van der Waals surface area contributed by atoms with Gasteiger partial charge in [-0.2, -0.15) is 11.8 Å². The highest BCUT2D eigenvalue weighted by Crippen LogP contribution is 2.13. The highest BCUT2D eigenvalue weighted by atomic mass is 32.2. The molecule has 0 amide bonds. The van der Waals surface area contributed by atoms with E-state index < -0.39 is 0 Å². The van der Waals surface area contributed by atoms with E-state index in [0.29, 0.717) is 18.1 Å². The third-order valence-corrected chi connectivity index (χ3v) is 2.49. The van der Waals surface area contributed by atoms with Crippen LogP contribution < -0.4 is 0 Å². The van der Waals surface area contributed by atoms with E-state index in [1.807, 2.05) is 6.92 Å². The Labute approximate surface area is 71.7 Å². The largest absolute Gasteiger partial charge is 0.303 e. The topological polar surface area (TPSA) is 34.1 Å². The number of hydrogen-bond donors (Lipinski definition) is 0. The van der Waals surface area contributed by atoms with Crippen LogP contribution in [0.15, 0.2) is 0 Å². The highest BCUT2D eigenvalue weighted by Gasteiger charge is 2.01. The van der Waals surface area contributed by atoms with Crippen LogP contribution in [0.5, 0.6) is 0 Å². The molecule has 2 nitrogen and oxygen atoms in total. The molecule has 11 heavy (non-hydrogen) atoms. The number of Topliss-reactive ketones (excluding diaryl/α,β-unsaturated/α-hetero) is 1. The Kier molecular flexibility index (Phi) is 6.22. The van der Waals surface area contributed by atoms with Gasteiger partial charge in [-0.05, 0) is 6.92 Å². The average Bonchev–Trinajstić information content (AvgIpc) is 1.87. The van der Waals surface area contributed by atoms with E-state index in [-0.39, 0.29) is 5.78 Å². The normalized spacial score (nSPS) is 12.5. The van der Waals surface area contributed by atoms with Crippen molar-refractivity contribution in [3.05, 3.63) is 0 Å². The molecule has 0 saturated carbocycles. The number of aldehydes is 1. The van der Waals surface area contributed by atoms with Crippen molar-refractivity contribution in [3.63, 3.8) is 0 Å². The van der Waals surface area contributed by atoms with Crippen LogP contribution in [0.1, 0.15) is 26.7 Å². The van der Waals surface area contributed by atoms with Gasteiger partial charge < -0.3 is 4.79 Å². The summed E-state index contributed by atoms with van der Waals surface area (Å²) < 4.78 is 0. The highest BCUT2D eigenvalue weighted by molar-refractivity contribution is 7.99. The van der Waals surface area contributed by atoms with Crippen LogP contribution >= 0.6 is 11.8 Å². The van der Waals surface area contributed by atoms with Crippen LogP contribution in [0.4, 0.5) is 0 Å². The first-order chi connectivity index (χ1) is 5.16. The maximum absolute atomic E-state index is 10.5. The van der Waals surface area contributed by atoms with Gasteiger partial charge in [0.15, 0.2) is 0 Å². The number of rotatable bonds is 6. The second-order valence-electron chi connectivity index (χ2n) is 2.54. The summed E-state index contributed by atoms with van der Waals surface area (Å²) >= 11 is 1.68. The van der Waals surface area contributed by atoms with Gasteiger partial charge in [0.2, 0.25) is 0 Å². The summed E-state index contributed by atoms with van der Waals surface area (Å²) in [5.74, 6) is 1.06. The van der Waals surface area contributed by atoms with Crippen molar-refractivity contribution in [2.24, 2.45) is 0 Å². The summed E-state index contributed by atoms with van der Waals surface area (Å²) in [6.07, 6.45) is 2.13. The second kappa shape index (κ2) is 6.40. The number of ketones is 1. The minimum atomic E-state index is 0.218. The van der Waals surface area contributed by atoms with Crippen LogP contribution in [0.3, 0.4) is 0 Å². The maximum atomic E-state index is 10.5. The van der Waals surface area contributed by atoms with Crippen LogP contribution in [0, 0.1) is 0 Å². The van der Waals surface area contributed by atoms with Gasteiger partial charge in [-0.25, -0.2) is 0 Å². The molecule has 64 valence electrons. The van der Waals surface area contributed by atoms with Crippen molar-refractivity contribution in [2.45, 2.75) is 31.9 Å². The van der Waals surface area contributed by atoms with E-state index in [4.69, 9.17) is 0 Å². The predicted molar refractivity (Wildman–Crippen MR) is 47.9 cm³/mol. The summed E-state index contributed by atoms with van der Waals surface area (Å²) in [6.45, 7) is 3.59. The molecule has 0 aromatic rings.